The Balaban J connectivity index is 1.57. The van der Waals surface area contributed by atoms with Crippen LogP contribution < -0.4 is 31.1 Å². The van der Waals surface area contributed by atoms with Crippen molar-refractivity contribution in [1.82, 2.24) is 0 Å². The average molecular weight is 511 g/mol. The van der Waals surface area contributed by atoms with Crippen LogP contribution in [0.25, 0.3) is 12.2 Å². The second kappa shape index (κ2) is 9.87. The van der Waals surface area contributed by atoms with Gasteiger partial charge in [-0.15, -0.1) is 0 Å². The van der Waals surface area contributed by atoms with Gasteiger partial charge in [-0.05, 0) is 48.3 Å². The van der Waals surface area contributed by atoms with Crippen molar-refractivity contribution in [2.75, 3.05) is 22.9 Å². The van der Waals surface area contributed by atoms with Crippen molar-refractivity contribution in [2.24, 2.45) is 0 Å². The molecule has 3 aromatic carbocycles. The minimum atomic E-state index is -0.191. The lowest BCUT2D eigenvalue weighted by Gasteiger charge is -2.33. The second-order valence-electron chi connectivity index (χ2n) is 12.3. The molecule has 0 aromatic heterocycles. The Kier molecular flexibility index (Phi) is 6.87. The summed E-state index contributed by atoms with van der Waals surface area (Å²) in [5.74, 6) is 0. The molecule has 0 fully saturated rings. The highest BCUT2D eigenvalue weighted by Gasteiger charge is 2.44. The molecule has 0 saturated carbocycles. The molecule has 200 valence electrons. The standard InChI is InChI=1S/C34H42N2O2/c1-7-9-19-35-27-17-13-11-15-25(27)33(3,4)29(35)21-23-31(37)24(32(23)38)22-30-34(5,6)26-16-12-14-18-28(26)36(30)20-10-8-2/h11-18,21-22,29-30H,7-10,19-20H2,1-6H3. The molecule has 0 saturated heterocycles. The summed E-state index contributed by atoms with van der Waals surface area (Å²) in [5.41, 5.74) is 4.43. The molecule has 2 aliphatic heterocycles. The van der Waals surface area contributed by atoms with Crippen molar-refractivity contribution in [2.45, 2.75) is 90.1 Å². The van der Waals surface area contributed by atoms with Crippen LogP contribution in [-0.4, -0.2) is 25.2 Å². The van der Waals surface area contributed by atoms with Gasteiger partial charge < -0.3 is 9.80 Å². The number of para-hydroxylation sites is 2. The molecule has 0 spiro atoms. The summed E-state index contributed by atoms with van der Waals surface area (Å²) < 4.78 is 0. The molecule has 3 aromatic rings. The predicted octanol–water partition coefficient (Wildman–Crippen LogP) is 4.78. The average Bonchev–Trinajstić information content (AvgIpc) is 3.26. The molecule has 2 unspecified atom stereocenters. The third kappa shape index (κ3) is 4.04. The van der Waals surface area contributed by atoms with Crippen LogP contribution in [0.15, 0.2) is 58.1 Å². The third-order valence-corrected chi connectivity index (χ3v) is 9.10. The van der Waals surface area contributed by atoms with Gasteiger partial charge >= 0.3 is 0 Å². The number of nitrogens with zero attached hydrogens (tertiary/aromatic N) is 2. The Hall–Kier alpha value is -3.14. The first-order valence-electron chi connectivity index (χ1n) is 14.4. The normalized spacial score (nSPS) is 21.0. The summed E-state index contributed by atoms with van der Waals surface area (Å²) in [6, 6.07) is 17.0. The first-order chi connectivity index (χ1) is 18.1. The van der Waals surface area contributed by atoms with E-state index in [4.69, 9.17) is 0 Å². The van der Waals surface area contributed by atoms with Gasteiger partial charge in [-0.25, -0.2) is 0 Å². The predicted molar refractivity (Wildman–Crippen MR) is 161 cm³/mol. The number of unbranched alkanes of at least 4 members (excludes halogenated alkanes) is 2. The number of rotatable bonds is 8. The zero-order chi connectivity index (χ0) is 27.2. The lowest BCUT2D eigenvalue weighted by Crippen LogP contribution is -2.66. The van der Waals surface area contributed by atoms with E-state index >= 15 is 0 Å². The third-order valence-electron chi connectivity index (χ3n) is 9.10. The van der Waals surface area contributed by atoms with Crippen molar-refractivity contribution in [3.05, 3.63) is 90.5 Å². The Morgan fingerprint density at radius 1 is 0.658 bits per heavy atom. The van der Waals surface area contributed by atoms with Crippen molar-refractivity contribution in [3.8, 4) is 0 Å². The molecule has 5 rings (SSSR count). The summed E-state index contributed by atoms with van der Waals surface area (Å²) in [6.45, 7) is 15.1. The summed E-state index contributed by atoms with van der Waals surface area (Å²) in [7, 11) is 0. The highest BCUT2D eigenvalue weighted by molar-refractivity contribution is 5.70. The molecule has 4 heteroatoms. The van der Waals surface area contributed by atoms with Gasteiger partial charge in [0.2, 0.25) is 0 Å². The second-order valence-corrected chi connectivity index (χ2v) is 12.3. The molecular weight excluding hydrogens is 468 g/mol. The molecule has 38 heavy (non-hydrogen) atoms. The Bertz CT molecular complexity index is 1380. The van der Waals surface area contributed by atoms with Crippen LogP contribution in [-0.2, 0) is 10.8 Å². The zero-order valence-corrected chi connectivity index (χ0v) is 23.9. The maximum atomic E-state index is 13.6. The molecule has 2 atom stereocenters. The SMILES string of the molecule is CCCCN1c2ccccc2C(C)(C)C1C=c1c(=O)c(=CC2N(CCCC)c3ccccc3C2(C)C)c1=O. The molecule has 2 aliphatic rings. The number of benzene rings is 2. The van der Waals surface area contributed by atoms with Crippen LogP contribution >= 0.6 is 0 Å². The molecule has 2 heterocycles. The topological polar surface area (TPSA) is 40.6 Å². The van der Waals surface area contributed by atoms with Gasteiger partial charge in [0.25, 0.3) is 0 Å². The highest BCUT2D eigenvalue weighted by Crippen LogP contribution is 2.46. The van der Waals surface area contributed by atoms with E-state index in [0.717, 1.165) is 38.8 Å². The van der Waals surface area contributed by atoms with E-state index < -0.39 is 0 Å². The summed E-state index contributed by atoms with van der Waals surface area (Å²) >= 11 is 0. The molecule has 4 nitrogen and oxygen atoms in total. The Morgan fingerprint density at radius 3 is 1.39 bits per heavy atom. The zero-order valence-electron chi connectivity index (χ0n) is 23.9. The Labute approximate surface area is 227 Å². The van der Waals surface area contributed by atoms with Crippen LogP contribution in [0.3, 0.4) is 0 Å². The number of fused-ring (bicyclic) bond motifs is 2. The smallest absolute Gasteiger partial charge is 0.200 e. The van der Waals surface area contributed by atoms with E-state index in [-0.39, 0.29) is 33.8 Å². The van der Waals surface area contributed by atoms with Gasteiger partial charge in [-0.3, -0.25) is 9.59 Å². The fraction of sp³-hybridized carbons (Fsp3) is 0.471. The molecule has 0 bridgehead atoms. The number of hydrogen-bond acceptors (Lipinski definition) is 4. The van der Waals surface area contributed by atoms with Crippen molar-refractivity contribution in [3.63, 3.8) is 0 Å². The fourth-order valence-corrected chi connectivity index (χ4v) is 6.76. The van der Waals surface area contributed by atoms with E-state index in [1.165, 1.54) is 22.5 Å². The van der Waals surface area contributed by atoms with Crippen LogP contribution in [0.5, 0.6) is 0 Å². The summed E-state index contributed by atoms with van der Waals surface area (Å²) in [6.07, 6.45) is 8.29. The summed E-state index contributed by atoms with van der Waals surface area (Å²) in [5, 5.41) is 0.717. The monoisotopic (exact) mass is 510 g/mol. The van der Waals surface area contributed by atoms with Gasteiger partial charge in [0.05, 0.1) is 22.5 Å². The maximum Gasteiger partial charge on any atom is 0.200 e. The molecule has 0 radical (unpaired) electrons. The lowest BCUT2D eigenvalue weighted by molar-refractivity contribution is 0.486. The lowest BCUT2D eigenvalue weighted by atomic mass is 9.79. The van der Waals surface area contributed by atoms with Gasteiger partial charge in [-0.2, -0.15) is 0 Å². The highest BCUT2D eigenvalue weighted by atomic mass is 16.1. The summed E-state index contributed by atoms with van der Waals surface area (Å²) in [4.78, 5) is 31.9. The van der Waals surface area contributed by atoms with Crippen LogP contribution in [0.4, 0.5) is 11.4 Å². The minimum absolute atomic E-state index is 0.0240. The number of hydrogen-bond donors (Lipinski definition) is 0. The molecule has 0 N–H and O–H groups in total. The molecule has 0 amide bonds. The quantitative estimate of drug-likeness (QED) is 0.438. The van der Waals surface area contributed by atoms with Crippen LogP contribution in [0.1, 0.15) is 78.4 Å². The van der Waals surface area contributed by atoms with E-state index in [2.05, 4.69) is 99.9 Å². The van der Waals surface area contributed by atoms with Gasteiger partial charge in [0.1, 0.15) is 0 Å². The van der Waals surface area contributed by atoms with Crippen molar-refractivity contribution in [1.29, 1.82) is 0 Å². The van der Waals surface area contributed by atoms with Crippen molar-refractivity contribution >= 4 is 23.5 Å². The van der Waals surface area contributed by atoms with E-state index in [1.807, 2.05) is 12.2 Å². The van der Waals surface area contributed by atoms with Gasteiger partial charge in [-0.1, -0.05) is 90.8 Å². The van der Waals surface area contributed by atoms with E-state index in [9.17, 15) is 9.59 Å². The van der Waals surface area contributed by atoms with Crippen molar-refractivity contribution < 1.29 is 0 Å². The number of anilines is 2. The Morgan fingerprint density at radius 2 is 1.03 bits per heavy atom. The maximum absolute atomic E-state index is 13.6. The fourth-order valence-electron chi connectivity index (χ4n) is 6.76. The van der Waals surface area contributed by atoms with Crippen LogP contribution in [0.2, 0.25) is 0 Å². The van der Waals surface area contributed by atoms with Gasteiger partial charge in [0, 0.05) is 35.3 Å². The first kappa shape index (κ1) is 26.5. The van der Waals surface area contributed by atoms with E-state index in [0.29, 0.717) is 10.4 Å². The minimum Gasteiger partial charge on any atom is -0.364 e. The van der Waals surface area contributed by atoms with Gasteiger partial charge in [0.15, 0.2) is 10.9 Å². The molecular formula is C34H42N2O2. The molecule has 0 aliphatic carbocycles. The first-order valence-corrected chi connectivity index (χ1v) is 14.4. The largest absolute Gasteiger partial charge is 0.364 e. The van der Waals surface area contributed by atoms with E-state index in [1.54, 1.807) is 0 Å². The van der Waals surface area contributed by atoms with Crippen LogP contribution in [0, 0.1) is 0 Å².